The molecule has 2 N–H and O–H groups in total. The number of hydrogen-bond donors (Lipinski definition) is 2. The van der Waals surface area contributed by atoms with Crippen LogP contribution in [0.2, 0.25) is 5.15 Å². The van der Waals surface area contributed by atoms with Gasteiger partial charge in [0.15, 0.2) is 5.96 Å². The molecule has 25 heavy (non-hydrogen) atoms. The molecule has 0 bridgehead atoms. The van der Waals surface area contributed by atoms with E-state index in [1.807, 2.05) is 19.9 Å². The molecule has 0 aromatic carbocycles. The third-order valence-electron chi connectivity index (χ3n) is 3.47. The first-order chi connectivity index (χ1) is 11.4. The predicted octanol–water partition coefficient (Wildman–Crippen LogP) is 1.73. The first kappa shape index (κ1) is 24.4. The molecule has 0 saturated carbocycles. The summed E-state index contributed by atoms with van der Waals surface area (Å²) in [6.45, 7) is 5.61. The summed E-state index contributed by atoms with van der Waals surface area (Å²) in [5.74, 6) is 0.614. The minimum absolute atomic E-state index is 0. The van der Waals surface area contributed by atoms with Gasteiger partial charge in [-0.2, -0.15) is 0 Å². The topological polar surface area (TPSA) is 86.7 Å². The Morgan fingerprint density at radius 3 is 2.40 bits per heavy atom. The van der Waals surface area contributed by atoms with Crippen LogP contribution < -0.4 is 10.6 Å². The first-order valence-electron chi connectivity index (χ1n) is 7.95. The van der Waals surface area contributed by atoms with Crippen molar-refractivity contribution in [1.82, 2.24) is 19.9 Å². The molecule has 0 saturated heterocycles. The van der Waals surface area contributed by atoms with Gasteiger partial charge in [-0.1, -0.05) is 31.5 Å². The third-order valence-corrected chi connectivity index (χ3v) is 5.72. The molecule has 0 radical (unpaired) electrons. The Hall–Kier alpha value is -0.650. The molecule has 1 heterocycles. The number of aromatic nitrogens is 1. The van der Waals surface area contributed by atoms with Crippen LogP contribution in [0.3, 0.4) is 0 Å². The number of halogens is 2. The van der Waals surface area contributed by atoms with Crippen molar-refractivity contribution in [2.75, 3.05) is 39.0 Å². The second-order valence-electron chi connectivity index (χ2n) is 5.07. The highest BCUT2D eigenvalue weighted by atomic mass is 127. The zero-order valence-electron chi connectivity index (χ0n) is 14.8. The maximum Gasteiger partial charge on any atom is 0.215 e. The summed E-state index contributed by atoms with van der Waals surface area (Å²) in [6, 6.07) is 3.67. The summed E-state index contributed by atoms with van der Waals surface area (Å²) in [5.41, 5.74) is 1.06. The monoisotopic (exact) mass is 503 g/mol. The lowest BCUT2D eigenvalue weighted by molar-refractivity contribution is 0.445. The van der Waals surface area contributed by atoms with Crippen molar-refractivity contribution in [3.05, 3.63) is 29.0 Å². The summed E-state index contributed by atoms with van der Waals surface area (Å²) in [4.78, 5) is 8.11. The summed E-state index contributed by atoms with van der Waals surface area (Å²) in [5, 5.41) is 6.64. The molecule has 0 unspecified atom stereocenters. The molecule has 0 aliphatic heterocycles. The lowest BCUT2D eigenvalue weighted by Gasteiger charge is -2.19. The number of guanidine groups is 1. The Labute approximate surface area is 172 Å². The van der Waals surface area contributed by atoms with Gasteiger partial charge < -0.3 is 10.6 Å². The Morgan fingerprint density at radius 1 is 1.24 bits per heavy atom. The van der Waals surface area contributed by atoms with Crippen LogP contribution in [0.25, 0.3) is 0 Å². The molecule has 7 nitrogen and oxygen atoms in total. The largest absolute Gasteiger partial charge is 0.356 e. The van der Waals surface area contributed by atoms with E-state index in [2.05, 4.69) is 20.6 Å². The van der Waals surface area contributed by atoms with Gasteiger partial charge in [-0.3, -0.25) is 4.99 Å². The van der Waals surface area contributed by atoms with Crippen molar-refractivity contribution < 1.29 is 8.42 Å². The van der Waals surface area contributed by atoms with E-state index >= 15 is 0 Å². The quantitative estimate of drug-likeness (QED) is 0.232. The van der Waals surface area contributed by atoms with Crippen LogP contribution in [-0.2, 0) is 16.4 Å². The molecule has 1 aromatic rings. The number of hydrogen-bond acceptors (Lipinski definition) is 4. The van der Waals surface area contributed by atoms with E-state index < -0.39 is 10.0 Å². The molecule has 1 aromatic heterocycles. The highest BCUT2D eigenvalue weighted by molar-refractivity contribution is 14.0. The normalized spacial score (nSPS) is 12.0. The van der Waals surface area contributed by atoms with E-state index in [4.69, 9.17) is 11.6 Å². The predicted molar refractivity (Wildman–Crippen MR) is 114 cm³/mol. The zero-order chi connectivity index (χ0) is 18.0. The van der Waals surface area contributed by atoms with E-state index in [-0.39, 0.29) is 29.7 Å². The lowest BCUT2D eigenvalue weighted by atomic mass is 10.2. The molecule has 0 aliphatic carbocycles. The van der Waals surface area contributed by atoms with Gasteiger partial charge in [-0.05, 0) is 18.1 Å². The second-order valence-corrected chi connectivity index (χ2v) is 7.54. The first-order valence-corrected chi connectivity index (χ1v) is 9.94. The van der Waals surface area contributed by atoms with E-state index in [0.29, 0.717) is 37.3 Å². The molecular weight excluding hydrogens is 477 g/mol. The fraction of sp³-hybridized carbons (Fsp3) is 0.600. The molecular formula is C15H27ClIN5O2S. The average Bonchev–Trinajstić information content (AvgIpc) is 2.56. The van der Waals surface area contributed by atoms with Crippen LogP contribution in [-0.4, -0.2) is 62.6 Å². The fourth-order valence-electron chi connectivity index (χ4n) is 2.14. The Balaban J connectivity index is 0.00000576. The average molecular weight is 504 g/mol. The number of sulfonamides is 1. The smallest absolute Gasteiger partial charge is 0.215 e. The highest BCUT2D eigenvalue weighted by Gasteiger charge is 2.18. The maximum atomic E-state index is 12.1. The molecule has 0 atom stereocenters. The van der Waals surface area contributed by atoms with Crippen LogP contribution >= 0.6 is 35.6 Å². The standard InChI is InChI=1S/C15H26ClN5O2S.HI/c1-4-21(5-2)24(22,23)11-10-19-15(17-3)18-9-8-13-6-7-14(16)20-12-13;/h6-7,12H,4-5,8-11H2,1-3H3,(H2,17,18,19);1H. The van der Waals surface area contributed by atoms with Gasteiger partial charge in [0, 0.05) is 39.4 Å². The van der Waals surface area contributed by atoms with Crippen molar-refractivity contribution in [2.24, 2.45) is 4.99 Å². The second kappa shape index (κ2) is 12.7. The van der Waals surface area contributed by atoms with Gasteiger partial charge in [-0.25, -0.2) is 17.7 Å². The minimum Gasteiger partial charge on any atom is -0.356 e. The van der Waals surface area contributed by atoms with Gasteiger partial charge >= 0.3 is 0 Å². The molecule has 144 valence electrons. The van der Waals surface area contributed by atoms with Gasteiger partial charge in [0.1, 0.15) is 5.15 Å². The van der Waals surface area contributed by atoms with Crippen molar-refractivity contribution in [3.63, 3.8) is 0 Å². The van der Waals surface area contributed by atoms with Crippen LogP contribution in [0.15, 0.2) is 23.3 Å². The van der Waals surface area contributed by atoms with Crippen LogP contribution in [0.4, 0.5) is 0 Å². The zero-order valence-corrected chi connectivity index (χ0v) is 18.7. The number of pyridine rings is 1. The van der Waals surface area contributed by atoms with Gasteiger partial charge in [-0.15, -0.1) is 24.0 Å². The van der Waals surface area contributed by atoms with E-state index in [0.717, 1.165) is 12.0 Å². The van der Waals surface area contributed by atoms with Crippen molar-refractivity contribution in [2.45, 2.75) is 20.3 Å². The Morgan fingerprint density at radius 2 is 1.88 bits per heavy atom. The SMILES string of the molecule is CCN(CC)S(=O)(=O)CCNC(=NC)NCCc1ccc(Cl)nc1.I. The number of nitrogens with one attached hydrogen (secondary N) is 2. The summed E-state index contributed by atoms with van der Waals surface area (Å²) in [7, 11) is -1.58. The molecule has 0 fully saturated rings. The minimum atomic E-state index is -3.23. The van der Waals surface area contributed by atoms with E-state index in [1.165, 1.54) is 4.31 Å². The van der Waals surface area contributed by atoms with E-state index in [9.17, 15) is 8.42 Å². The summed E-state index contributed by atoms with van der Waals surface area (Å²) < 4.78 is 25.7. The number of nitrogens with zero attached hydrogens (tertiary/aromatic N) is 3. The van der Waals surface area contributed by atoms with E-state index in [1.54, 1.807) is 19.3 Å². The highest BCUT2D eigenvalue weighted by Crippen LogP contribution is 2.05. The number of aliphatic imine (C=N–C) groups is 1. The fourth-order valence-corrected chi connectivity index (χ4v) is 3.66. The summed E-state index contributed by atoms with van der Waals surface area (Å²) >= 11 is 5.75. The third kappa shape index (κ3) is 9.02. The van der Waals surface area contributed by atoms with Crippen molar-refractivity contribution >= 4 is 51.6 Å². The summed E-state index contributed by atoms with van der Waals surface area (Å²) in [6.07, 6.45) is 2.50. The van der Waals surface area contributed by atoms with Crippen LogP contribution in [0, 0.1) is 0 Å². The molecule has 10 heteroatoms. The molecule has 0 amide bonds. The van der Waals surface area contributed by atoms with Crippen molar-refractivity contribution in [1.29, 1.82) is 0 Å². The number of rotatable bonds is 9. The van der Waals surface area contributed by atoms with Gasteiger partial charge in [0.2, 0.25) is 10.0 Å². The van der Waals surface area contributed by atoms with Gasteiger partial charge in [0.05, 0.1) is 5.75 Å². The maximum absolute atomic E-state index is 12.1. The van der Waals surface area contributed by atoms with Crippen LogP contribution in [0.1, 0.15) is 19.4 Å². The lowest BCUT2D eigenvalue weighted by Crippen LogP contribution is -2.42. The molecule has 0 spiro atoms. The van der Waals surface area contributed by atoms with Crippen molar-refractivity contribution in [3.8, 4) is 0 Å². The molecule has 1 rings (SSSR count). The molecule has 0 aliphatic rings. The van der Waals surface area contributed by atoms with Gasteiger partial charge in [0.25, 0.3) is 0 Å². The Kier molecular flexibility index (Phi) is 12.3. The van der Waals surface area contributed by atoms with Crippen LogP contribution in [0.5, 0.6) is 0 Å². The Bertz CT molecular complexity index is 621.